The van der Waals surface area contributed by atoms with Crippen LogP contribution < -0.4 is 0 Å². The molecular weight excluding hydrogens is 267 g/mol. The van der Waals surface area contributed by atoms with Crippen molar-refractivity contribution in [3.63, 3.8) is 0 Å². The van der Waals surface area contributed by atoms with Crippen molar-refractivity contribution in [3.8, 4) is 16.2 Å². The zero-order valence-electron chi connectivity index (χ0n) is 7.00. The highest BCUT2D eigenvalue weighted by atomic mass is 79.9. The fourth-order valence-electron chi connectivity index (χ4n) is 1.18. The standard InChI is InChI=1S/C10H6BrFOS/c11-8-3-4-14-10(8)7-5-6(12)1-2-9(7)13/h1-5,13H. The molecule has 2 aromatic rings. The molecule has 0 atom stereocenters. The Balaban J connectivity index is 2.62. The summed E-state index contributed by atoms with van der Waals surface area (Å²) in [6.45, 7) is 0. The molecule has 2 rings (SSSR count). The highest BCUT2D eigenvalue weighted by Crippen LogP contribution is 2.38. The second kappa shape index (κ2) is 3.71. The molecule has 1 heterocycles. The summed E-state index contributed by atoms with van der Waals surface area (Å²) in [4.78, 5) is 0.835. The van der Waals surface area contributed by atoms with Crippen molar-refractivity contribution in [2.24, 2.45) is 0 Å². The van der Waals surface area contributed by atoms with E-state index in [-0.39, 0.29) is 11.6 Å². The molecule has 72 valence electrons. The Kier molecular flexibility index (Phi) is 2.56. The van der Waals surface area contributed by atoms with Gasteiger partial charge in [-0.25, -0.2) is 4.39 Å². The Hall–Kier alpha value is -0.870. The lowest BCUT2D eigenvalue weighted by atomic mass is 10.1. The molecule has 0 saturated carbocycles. The third kappa shape index (κ3) is 1.67. The molecule has 0 radical (unpaired) electrons. The lowest BCUT2D eigenvalue weighted by Crippen LogP contribution is -1.79. The average molecular weight is 273 g/mol. The molecule has 0 aliphatic rings. The Bertz CT molecular complexity index is 467. The van der Waals surface area contributed by atoms with Crippen LogP contribution in [-0.2, 0) is 0 Å². The van der Waals surface area contributed by atoms with Gasteiger partial charge in [0.05, 0.1) is 4.88 Å². The van der Waals surface area contributed by atoms with Crippen LogP contribution in [-0.4, -0.2) is 5.11 Å². The van der Waals surface area contributed by atoms with Gasteiger partial charge in [-0.05, 0) is 45.6 Å². The molecule has 0 aliphatic carbocycles. The molecule has 0 aliphatic heterocycles. The van der Waals surface area contributed by atoms with Gasteiger partial charge in [0.2, 0.25) is 0 Å². The molecule has 0 saturated heterocycles. The van der Waals surface area contributed by atoms with Crippen LogP contribution >= 0.6 is 27.3 Å². The fourth-order valence-corrected chi connectivity index (χ4v) is 2.79. The van der Waals surface area contributed by atoms with E-state index < -0.39 is 0 Å². The normalized spacial score (nSPS) is 10.4. The van der Waals surface area contributed by atoms with Crippen molar-refractivity contribution in [3.05, 3.63) is 39.9 Å². The smallest absolute Gasteiger partial charge is 0.124 e. The number of aromatic hydroxyl groups is 1. The zero-order chi connectivity index (χ0) is 10.1. The van der Waals surface area contributed by atoms with Crippen LogP contribution in [0.4, 0.5) is 4.39 Å². The molecule has 1 nitrogen and oxygen atoms in total. The van der Waals surface area contributed by atoms with Crippen molar-refractivity contribution in [2.75, 3.05) is 0 Å². The number of phenols is 1. The summed E-state index contributed by atoms with van der Waals surface area (Å²) in [6, 6.07) is 5.79. The van der Waals surface area contributed by atoms with E-state index in [1.165, 1.54) is 29.5 Å². The lowest BCUT2D eigenvalue weighted by Gasteiger charge is -2.02. The van der Waals surface area contributed by atoms with Gasteiger partial charge >= 0.3 is 0 Å². The number of halogens is 2. The van der Waals surface area contributed by atoms with Gasteiger partial charge in [-0.3, -0.25) is 0 Å². The monoisotopic (exact) mass is 272 g/mol. The quantitative estimate of drug-likeness (QED) is 0.831. The second-order valence-electron chi connectivity index (χ2n) is 2.76. The number of benzene rings is 1. The first-order valence-electron chi connectivity index (χ1n) is 3.90. The Morgan fingerprint density at radius 1 is 1.29 bits per heavy atom. The summed E-state index contributed by atoms with van der Waals surface area (Å²) >= 11 is 4.79. The first-order chi connectivity index (χ1) is 6.68. The van der Waals surface area contributed by atoms with Crippen LogP contribution in [0.3, 0.4) is 0 Å². The van der Waals surface area contributed by atoms with Crippen LogP contribution in [0, 0.1) is 5.82 Å². The minimum absolute atomic E-state index is 0.0922. The van der Waals surface area contributed by atoms with Gasteiger partial charge in [0.1, 0.15) is 11.6 Å². The second-order valence-corrected chi connectivity index (χ2v) is 4.53. The maximum atomic E-state index is 12.9. The minimum Gasteiger partial charge on any atom is -0.507 e. The summed E-state index contributed by atoms with van der Waals surface area (Å²) in [5.74, 6) is -0.257. The maximum absolute atomic E-state index is 12.9. The van der Waals surface area contributed by atoms with E-state index in [0.717, 1.165) is 9.35 Å². The largest absolute Gasteiger partial charge is 0.507 e. The lowest BCUT2D eigenvalue weighted by molar-refractivity contribution is 0.475. The van der Waals surface area contributed by atoms with Crippen molar-refractivity contribution in [1.29, 1.82) is 0 Å². The molecule has 0 spiro atoms. The topological polar surface area (TPSA) is 20.2 Å². The van der Waals surface area contributed by atoms with Gasteiger partial charge in [0.15, 0.2) is 0 Å². The molecule has 0 unspecified atom stereocenters. The zero-order valence-corrected chi connectivity index (χ0v) is 9.40. The Morgan fingerprint density at radius 2 is 2.07 bits per heavy atom. The summed E-state index contributed by atoms with van der Waals surface area (Å²) < 4.78 is 13.8. The van der Waals surface area contributed by atoms with E-state index in [4.69, 9.17) is 0 Å². The highest BCUT2D eigenvalue weighted by molar-refractivity contribution is 9.10. The van der Waals surface area contributed by atoms with Crippen molar-refractivity contribution >= 4 is 27.3 Å². The third-order valence-corrected chi connectivity index (χ3v) is 3.69. The van der Waals surface area contributed by atoms with Crippen molar-refractivity contribution < 1.29 is 9.50 Å². The fraction of sp³-hybridized carbons (Fsp3) is 0. The van der Waals surface area contributed by atoms with Gasteiger partial charge in [-0.15, -0.1) is 11.3 Å². The molecule has 0 fully saturated rings. The molecule has 1 N–H and O–H groups in total. The van der Waals surface area contributed by atoms with Gasteiger partial charge in [-0.1, -0.05) is 0 Å². The minimum atomic E-state index is -0.349. The Morgan fingerprint density at radius 3 is 2.71 bits per heavy atom. The molecule has 14 heavy (non-hydrogen) atoms. The molecule has 1 aromatic carbocycles. The van der Waals surface area contributed by atoms with Gasteiger partial charge < -0.3 is 5.11 Å². The number of hydrogen-bond acceptors (Lipinski definition) is 2. The number of hydrogen-bond donors (Lipinski definition) is 1. The summed E-state index contributed by atoms with van der Waals surface area (Å²) in [5, 5.41) is 11.4. The SMILES string of the molecule is Oc1ccc(F)cc1-c1sccc1Br. The van der Waals surface area contributed by atoms with Crippen LogP contribution in [0.15, 0.2) is 34.1 Å². The van der Waals surface area contributed by atoms with Crippen LogP contribution in [0.5, 0.6) is 5.75 Å². The first-order valence-corrected chi connectivity index (χ1v) is 5.57. The predicted molar refractivity (Wildman–Crippen MR) is 59.1 cm³/mol. The third-order valence-electron chi connectivity index (χ3n) is 1.82. The number of thiophene rings is 1. The molecule has 0 bridgehead atoms. The average Bonchev–Trinajstić information content (AvgIpc) is 2.56. The summed E-state index contributed by atoms with van der Waals surface area (Å²) in [7, 11) is 0. The Labute approximate surface area is 93.0 Å². The molecule has 4 heteroatoms. The van der Waals surface area contributed by atoms with E-state index in [1.54, 1.807) is 0 Å². The van der Waals surface area contributed by atoms with E-state index in [1.807, 2.05) is 11.4 Å². The molecule has 0 amide bonds. The highest BCUT2D eigenvalue weighted by Gasteiger charge is 2.10. The van der Waals surface area contributed by atoms with Crippen molar-refractivity contribution in [2.45, 2.75) is 0 Å². The van der Waals surface area contributed by atoms with E-state index in [0.29, 0.717) is 5.56 Å². The summed E-state index contributed by atoms with van der Waals surface area (Å²) in [5.41, 5.74) is 0.520. The maximum Gasteiger partial charge on any atom is 0.124 e. The van der Waals surface area contributed by atoms with Gasteiger partial charge in [-0.2, -0.15) is 0 Å². The van der Waals surface area contributed by atoms with E-state index in [9.17, 15) is 9.50 Å². The number of phenolic OH excluding ortho intramolecular Hbond substituents is 1. The van der Waals surface area contributed by atoms with Crippen LogP contribution in [0.25, 0.3) is 10.4 Å². The van der Waals surface area contributed by atoms with E-state index in [2.05, 4.69) is 15.9 Å². The molecular formula is C10H6BrFOS. The number of rotatable bonds is 1. The van der Waals surface area contributed by atoms with Crippen molar-refractivity contribution in [1.82, 2.24) is 0 Å². The van der Waals surface area contributed by atoms with E-state index >= 15 is 0 Å². The molecule has 1 aromatic heterocycles. The van der Waals surface area contributed by atoms with Crippen LogP contribution in [0.1, 0.15) is 0 Å². The van der Waals surface area contributed by atoms with Gasteiger partial charge in [0.25, 0.3) is 0 Å². The van der Waals surface area contributed by atoms with Gasteiger partial charge in [0, 0.05) is 10.0 Å². The van der Waals surface area contributed by atoms with Crippen LogP contribution in [0.2, 0.25) is 0 Å². The summed E-state index contributed by atoms with van der Waals surface area (Å²) in [6.07, 6.45) is 0. The first kappa shape index (κ1) is 9.68. The predicted octanol–water partition coefficient (Wildman–Crippen LogP) is 4.02.